The largest absolute Gasteiger partial charge is 0.379 e. The third-order valence-corrected chi connectivity index (χ3v) is 4.40. The highest BCUT2D eigenvalue weighted by Gasteiger charge is 2.45. The van der Waals surface area contributed by atoms with Gasteiger partial charge < -0.3 is 19.7 Å². The lowest BCUT2D eigenvalue weighted by Crippen LogP contribution is -2.42. The van der Waals surface area contributed by atoms with Crippen molar-refractivity contribution in [2.75, 3.05) is 19.8 Å². The minimum absolute atomic E-state index is 0.124. The quantitative estimate of drug-likeness (QED) is 0.856. The number of ether oxygens (including phenoxy) is 2. The highest BCUT2D eigenvalue weighted by molar-refractivity contribution is 5.13. The number of rotatable bonds is 6. The van der Waals surface area contributed by atoms with Crippen molar-refractivity contribution in [2.24, 2.45) is 5.73 Å². The van der Waals surface area contributed by atoms with E-state index in [2.05, 4.69) is 24.0 Å². The van der Waals surface area contributed by atoms with Crippen LogP contribution in [0.4, 0.5) is 0 Å². The van der Waals surface area contributed by atoms with E-state index < -0.39 is 11.0 Å². The molecule has 0 aliphatic carbocycles. The number of aromatic nitrogens is 2. The first-order chi connectivity index (χ1) is 9.52. The van der Waals surface area contributed by atoms with Crippen LogP contribution in [0.1, 0.15) is 52.3 Å². The molecule has 1 aliphatic heterocycles. The summed E-state index contributed by atoms with van der Waals surface area (Å²) in [5.41, 5.74) is 5.22. The van der Waals surface area contributed by atoms with Crippen LogP contribution in [0.25, 0.3) is 0 Å². The van der Waals surface area contributed by atoms with E-state index in [0.29, 0.717) is 31.5 Å². The fourth-order valence-electron chi connectivity index (χ4n) is 2.66. The van der Waals surface area contributed by atoms with Crippen molar-refractivity contribution < 1.29 is 14.0 Å². The van der Waals surface area contributed by atoms with Gasteiger partial charge in [0.25, 0.3) is 0 Å². The number of hydrogen-bond acceptors (Lipinski definition) is 6. The molecule has 1 aliphatic rings. The van der Waals surface area contributed by atoms with Crippen LogP contribution in [-0.2, 0) is 20.5 Å². The lowest BCUT2D eigenvalue weighted by molar-refractivity contribution is -0.0583. The van der Waals surface area contributed by atoms with Crippen LogP contribution < -0.4 is 5.73 Å². The van der Waals surface area contributed by atoms with Gasteiger partial charge in [-0.25, -0.2) is 0 Å². The van der Waals surface area contributed by atoms with E-state index in [1.807, 2.05) is 13.8 Å². The van der Waals surface area contributed by atoms with Gasteiger partial charge in [0.15, 0.2) is 0 Å². The molecule has 0 bridgehead atoms. The summed E-state index contributed by atoms with van der Waals surface area (Å²) in [5.74, 6) is 1.16. The van der Waals surface area contributed by atoms with Crippen molar-refractivity contribution in [3.05, 3.63) is 11.7 Å². The molecule has 1 saturated heterocycles. The molecule has 0 radical (unpaired) electrons. The zero-order valence-corrected chi connectivity index (χ0v) is 12.8. The molecule has 2 heterocycles. The van der Waals surface area contributed by atoms with Crippen LogP contribution in [0.15, 0.2) is 4.52 Å². The van der Waals surface area contributed by atoms with Crippen LogP contribution in [0, 0.1) is 0 Å². The predicted octanol–water partition coefficient (Wildman–Crippen LogP) is 1.74. The highest BCUT2D eigenvalue weighted by Crippen LogP contribution is 2.35. The molecule has 1 aromatic heterocycles. The molecular formula is C14H25N3O3. The topological polar surface area (TPSA) is 83.4 Å². The fraction of sp³-hybridized carbons (Fsp3) is 0.857. The van der Waals surface area contributed by atoms with Gasteiger partial charge in [-0.05, 0) is 26.7 Å². The number of nitrogens with two attached hydrogens (primary N) is 1. The van der Waals surface area contributed by atoms with Gasteiger partial charge in [0.2, 0.25) is 11.7 Å². The van der Waals surface area contributed by atoms with Crippen LogP contribution in [0.3, 0.4) is 0 Å². The lowest BCUT2D eigenvalue weighted by Gasteiger charge is -2.28. The molecular weight excluding hydrogens is 258 g/mol. The Hall–Kier alpha value is -0.980. The standard InChI is InChI=1S/C14H25N3O3/c1-5-14(6-2,19-7-3)11-16-12(20-17-11)13(4)9-18-8-10(13)15/h10H,5-9,15H2,1-4H3. The molecule has 2 unspecified atom stereocenters. The minimum atomic E-state index is -0.476. The Balaban J connectivity index is 2.32. The van der Waals surface area contributed by atoms with Gasteiger partial charge in [0.05, 0.1) is 18.6 Å². The Labute approximate surface area is 120 Å². The van der Waals surface area contributed by atoms with E-state index >= 15 is 0 Å². The maximum Gasteiger partial charge on any atom is 0.236 e. The predicted molar refractivity (Wildman–Crippen MR) is 74.3 cm³/mol. The molecule has 0 amide bonds. The van der Waals surface area contributed by atoms with E-state index in [1.54, 1.807) is 0 Å². The Morgan fingerprint density at radius 2 is 2.10 bits per heavy atom. The van der Waals surface area contributed by atoms with E-state index in [0.717, 1.165) is 12.8 Å². The van der Waals surface area contributed by atoms with Crippen LogP contribution in [0.2, 0.25) is 0 Å². The molecule has 0 saturated carbocycles. The molecule has 114 valence electrons. The summed E-state index contributed by atoms with van der Waals surface area (Å²) in [4.78, 5) is 4.58. The van der Waals surface area contributed by atoms with Gasteiger partial charge in [0.1, 0.15) is 5.60 Å². The Bertz CT molecular complexity index is 445. The van der Waals surface area contributed by atoms with E-state index in [-0.39, 0.29) is 6.04 Å². The molecule has 2 N–H and O–H groups in total. The van der Waals surface area contributed by atoms with Crippen molar-refractivity contribution in [1.29, 1.82) is 0 Å². The summed E-state index contributed by atoms with van der Waals surface area (Å²) >= 11 is 0. The second-order valence-electron chi connectivity index (χ2n) is 5.60. The van der Waals surface area contributed by atoms with Crippen molar-refractivity contribution in [3.8, 4) is 0 Å². The molecule has 6 heteroatoms. The molecule has 6 nitrogen and oxygen atoms in total. The van der Waals surface area contributed by atoms with Crippen molar-refractivity contribution in [3.63, 3.8) is 0 Å². The average molecular weight is 283 g/mol. The maximum atomic E-state index is 6.10. The second-order valence-corrected chi connectivity index (χ2v) is 5.60. The molecule has 2 atom stereocenters. The lowest BCUT2D eigenvalue weighted by atomic mass is 9.85. The normalized spacial score (nSPS) is 27.1. The zero-order valence-electron chi connectivity index (χ0n) is 12.8. The first kappa shape index (κ1) is 15.4. The van der Waals surface area contributed by atoms with Crippen molar-refractivity contribution in [1.82, 2.24) is 10.1 Å². The minimum Gasteiger partial charge on any atom is -0.379 e. The molecule has 2 rings (SSSR count). The van der Waals surface area contributed by atoms with Gasteiger partial charge in [-0.1, -0.05) is 19.0 Å². The Morgan fingerprint density at radius 3 is 2.60 bits per heavy atom. The first-order valence-electron chi connectivity index (χ1n) is 7.34. The highest BCUT2D eigenvalue weighted by atomic mass is 16.5. The third-order valence-electron chi connectivity index (χ3n) is 4.40. The van der Waals surface area contributed by atoms with E-state index in [4.69, 9.17) is 19.7 Å². The van der Waals surface area contributed by atoms with Crippen molar-refractivity contribution >= 4 is 0 Å². The first-order valence-corrected chi connectivity index (χ1v) is 7.34. The Kier molecular flexibility index (Phi) is 4.46. The summed E-state index contributed by atoms with van der Waals surface area (Å²) in [6.07, 6.45) is 1.60. The van der Waals surface area contributed by atoms with Crippen LogP contribution >= 0.6 is 0 Å². The van der Waals surface area contributed by atoms with E-state index in [1.165, 1.54) is 0 Å². The fourth-order valence-corrected chi connectivity index (χ4v) is 2.66. The average Bonchev–Trinajstić information content (AvgIpc) is 3.06. The summed E-state index contributed by atoms with van der Waals surface area (Å²) in [6.45, 7) is 9.77. The zero-order chi connectivity index (χ0) is 14.8. The summed E-state index contributed by atoms with van der Waals surface area (Å²) < 4.78 is 16.8. The second kappa shape index (κ2) is 5.79. The van der Waals surface area contributed by atoms with Gasteiger partial charge >= 0.3 is 0 Å². The van der Waals surface area contributed by atoms with E-state index in [9.17, 15) is 0 Å². The maximum absolute atomic E-state index is 6.10. The third kappa shape index (κ3) is 2.36. The summed E-state index contributed by atoms with van der Waals surface area (Å²) in [5, 5.41) is 4.15. The van der Waals surface area contributed by atoms with Crippen LogP contribution in [-0.4, -0.2) is 36.0 Å². The van der Waals surface area contributed by atoms with Gasteiger partial charge in [0, 0.05) is 12.6 Å². The SMILES string of the molecule is CCOC(CC)(CC)c1noc(C2(C)COCC2N)n1. The van der Waals surface area contributed by atoms with Gasteiger partial charge in [-0.3, -0.25) is 0 Å². The molecule has 20 heavy (non-hydrogen) atoms. The summed E-state index contributed by atoms with van der Waals surface area (Å²) in [7, 11) is 0. The number of hydrogen-bond donors (Lipinski definition) is 1. The monoisotopic (exact) mass is 283 g/mol. The molecule has 1 fully saturated rings. The van der Waals surface area contributed by atoms with Gasteiger partial charge in [-0.15, -0.1) is 0 Å². The van der Waals surface area contributed by atoms with Crippen molar-refractivity contribution in [2.45, 2.75) is 57.6 Å². The summed E-state index contributed by atoms with van der Waals surface area (Å²) in [6, 6.07) is -0.124. The van der Waals surface area contributed by atoms with Gasteiger partial charge in [-0.2, -0.15) is 4.98 Å². The molecule has 0 aromatic carbocycles. The Morgan fingerprint density at radius 1 is 1.40 bits per heavy atom. The molecule has 0 spiro atoms. The van der Waals surface area contributed by atoms with Crippen LogP contribution in [0.5, 0.6) is 0 Å². The smallest absolute Gasteiger partial charge is 0.236 e. The number of nitrogens with zero attached hydrogens (tertiary/aromatic N) is 2. The molecule has 1 aromatic rings.